The van der Waals surface area contributed by atoms with Crippen molar-refractivity contribution in [2.75, 3.05) is 0 Å². The van der Waals surface area contributed by atoms with Crippen molar-refractivity contribution in [2.24, 2.45) is 23.7 Å². The molecule has 0 radical (unpaired) electrons. The molecule has 3 saturated carbocycles. The summed E-state index contributed by atoms with van der Waals surface area (Å²) >= 11 is 1.97. The first-order valence-corrected chi connectivity index (χ1v) is 6.16. The van der Waals surface area contributed by atoms with Crippen LogP contribution in [0.3, 0.4) is 0 Å². The Bertz CT molecular complexity index is 377. The molecule has 1 aromatic carbocycles. The van der Waals surface area contributed by atoms with E-state index < -0.39 is 0 Å². The summed E-state index contributed by atoms with van der Waals surface area (Å²) in [6.07, 6.45) is 0.0474. The standard InChI is InChI=1S/C12H12OS/c13-11-8-7-9(8)12(10(7)11)14-6-4-2-1-3-5-6/h1-5,7-13H. The molecule has 6 unspecified atom stereocenters. The second-order valence-electron chi connectivity index (χ2n) is 4.70. The number of fused-ring (bicyclic) bond motifs is 1. The van der Waals surface area contributed by atoms with Crippen LogP contribution in [0.4, 0.5) is 0 Å². The molecule has 1 aromatic rings. The Morgan fingerprint density at radius 2 is 1.71 bits per heavy atom. The first-order chi connectivity index (χ1) is 6.88. The zero-order valence-corrected chi connectivity index (χ0v) is 8.52. The van der Waals surface area contributed by atoms with Crippen molar-refractivity contribution in [3.8, 4) is 0 Å². The van der Waals surface area contributed by atoms with E-state index in [1.165, 1.54) is 4.90 Å². The summed E-state index contributed by atoms with van der Waals surface area (Å²) < 4.78 is 0. The average Bonchev–Trinajstić information content (AvgIpc) is 2.67. The van der Waals surface area contributed by atoms with E-state index in [0.717, 1.165) is 17.1 Å². The van der Waals surface area contributed by atoms with Gasteiger partial charge in [-0.1, -0.05) is 18.2 Å². The minimum atomic E-state index is 0.0474. The van der Waals surface area contributed by atoms with E-state index in [1.807, 2.05) is 11.8 Å². The van der Waals surface area contributed by atoms with Gasteiger partial charge in [0.15, 0.2) is 0 Å². The fourth-order valence-corrected chi connectivity index (χ4v) is 5.12. The SMILES string of the molecule is OC1C2C(Sc3ccccc3)C3C1C23. The Kier molecular flexibility index (Phi) is 1.31. The largest absolute Gasteiger partial charge is 0.392 e. The van der Waals surface area contributed by atoms with Crippen LogP contribution < -0.4 is 0 Å². The van der Waals surface area contributed by atoms with E-state index in [-0.39, 0.29) is 6.10 Å². The van der Waals surface area contributed by atoms with Gasteiger partial charge in [-0.05, 0) is 29.9 Å². The zero-order chi connectivity index (χ0) is 9.28. The van der Waals surface area contributed by atoms with E-state index in [0.29, 0.717) is 11.8 Å². The Morgan fingerprint density at radius 1 is 0.929 bits per heavy atom. The summed E-state index contributed by atoms with van der Waals surface area (Å²) in [4.78, 5) is 1.36. The van der Waals surface area contributed by atoms with Crippen LogP contribution in [0.2, 0.25) is 0 Å². The molecular weight excluding hydrogens is 192 g/mol. The number of benzene rings is 1. The van der Waals surface area contributed by atoms with Crippen LogP contribution in [0.1, 0.15) is 0 Å². The molecule has 72 valence electrons. The van der Waals surface area contributed by atoms with Crippen molar-refractivity contribution in [2.45, 2.75) is 16.2 Å². The molecule has 14 heavy (non-hydrogen) atoms. The van der Waals surface area contributed by atoms with Crippen molar-refractivity contribution < 1.29 is 5.11 Å². The molecular formula is C12H12OS. The quantitative estimate of drug-likeness (QED) is 0.795. The smallest absolute Gasteiger partial charge is 0.0616 e. The summed E-state index contributed by atoms with van der Waals surface area (Å²) in [5.41, 5.74) is 0. The lowest BCUT2D eigenvalue weighted by Crippen LogP contribution is -2.43. The van der Waals surface area contributed by atoms with Crippen LogP contribution in [0.15, 0.2) is 35.2 Å². The summed E-state index contributed by atoms with van der Waals surface area (Å²) in [7, 11) is 0. The summed E-state index contributed by atoms with van der Waals surface area (Å²) in [6.45, 7) is 0. The molecule has 0 aliphatic heterocycles. The van der Waals surface area contributed by atoms with Crippen molar-refractivity contribution in [3.05, 3.63) is 30.3 Å². The van der Waals surface area contributed by atoms with Crippen LogP contribution in [-0.2, 0) is 0 Å². The Hall–Kier alpha value is -0.470. The zero-order valence-electron chi connectivity index (χ0n) is 7.71. The minimum Gasteiger partial charge on any atom is -0.392 e. The Balaban J connectivity index is 1.53. The van der Waals surface area contributed by atoms with Crippen LogP contribution >= 0.6 is 11.8 Å². The van der Waals surface area contributed by atoms with E-state index in [9.17, 15) is 5.11 Å². The van der Waals surface area contributed by atoms with Crippen molar-refractivity contribution >= 4 is 11.8 Å². The first-order valence-electron chi connectivity index (χ1n) is 5.28. The second-order valence-corrected chi connectivity index (χ2v) is 5.95. The molecule has 2 heteroatoms. The Morgan fingerprint density at radius 3 is 2.29 bits per heavy atom. The first kappa shape index (κ1) is 7.77. The Labute approximate surface area is 87.5 Å². The number of aliphatic hydroxyl groups excluding tert-OH is 1. The molecule has 0 amide bonds. The maximum Gasteiger partial charge on any atom is 0.0616 e. The van der Waals surface area contributed by atoms with Gasteiger partial charge in [-0.2, -0.15) is 0 Å². The fraction of sp³-hybridized carbons (Fsp3) is 0.500. The highest BCUT2D eigenvalue weighted by atomic mass is 32.2. The molecule has 0 saturated heterocycles. The van der Waals surface area contributed by atoms with Crippen LogP contribution in [0.5, 0.6) is 0 Å². The van der Waals surface area contributed by atoms with Crippen LogP contribution in [0.25, 0.3) is 0 Å². The summed E-state index contributed by atoms with van der Waals surface area (Å²) in [5, 5.41) is 10.4. The lowest BCUT2D eigenvalue weighted by Gasteiger charge is -2.39. The molecule has 0 spiro atoms. The number of hydrogen-bond donors (Lipinski definition) is 1. The third-order valence-electron chi connectivity index (χ3n) is 4.20. The lowest BCUT2D eigenvalue weighted by atomic mass is 9.76. The molecule has 3 aliphatic rings. The minimum absolute atomic E-state index is 0.0474. The molecule has 0 aromatic heterocycles. The van der Waals surface area contributed by atoms with Gasteiger partial charge in [0.2, 0.25) is 0 Å². The van der Waals surface area contributed by atoms with E-state index >= 15 is 0 Å². The van der Waals surface area contributed by atoms with Crippen molar-refractivity contribution in [3.63, 3.8) is 0 Å². The van der Waals surface area contributed by atoms with Gasteiger partial charge >= 0.3 is 0 Å². The van der Waals surface area contributed by atoms with Crippen molar-refractivity contribution in [1.29, 1.82) is 0 Å². The molecule has 4 rings (SSSR count). The molecule has 1 nitrogen and oxygen atoms in total. The van der Waals surface area contributed by atoms with Crippen LogP contribution in [-0.4, -0.2) is 16.5 Å². The third kappa shape index (κ3) is 0.741. The van der Waals surface area contributed by atoms with Gasteiger partial charge in [0.1, 0.15) is 0 Å². The van der Waals surface area contributed by atoms with E-state index in [1.54, 1.807) is 0 Å². The van der Waals surface area contributed by atoms with Crippen molar-refractivity contribution in [1.82, 2.24) is 0 Å². The molecule has 0 bridgehead atoms. The average molecular weight is 204 g/mol. The second kappa shape index (κ2) is 2.37. The van der Waals surface area contributed by atoms with Gasteiger partial charge in [-0.15, -0.1) is 11.8 Å². The van der Waals surface area contributed by atoms with Gasteiger partial charge in [-0.3, -0.25) is 0 Å². The fourth-order valence-electron chi connectivity index (χ4n) is 3.47. The molecule has 3 aliphatic carbocycles. The van der Waals surface area contributed by atoms with E-state index in [2.05, 4.69) is 30.3 Å². The number of thioether (sulfide) groups is 1. The highest BCUT2D eigenvalue weighted by Gasteiger charge is 2.82. The molecule has 0 heterocycles. The molecule has 1 N–H and O–H groups in total. The maximum absolute atomic E-state index is 9.70. The van der Waals surface area contributed by atoms with E-state index in [4.69, 9.17) is 0 Å². The third-order valence-corrected chi connectivity index (χ3v) is 5.64. The normalized spacial score (nSPS) is 51.5. The number of aliphatic hydroxyl groups is 1. The van der Waals surface area contributed by atoms with Gasteiger partial charge in [0, 0.05) is 16.1 Å². The van der Waals surface area contributed by atoms with Gasteiger partial charge in [0.05, 0.1) is 6.10 Å². The number of rotatable bonds is 2. The molecule has 3 fully saturated rings. The lowest BCUT2D eigenvalue weighted by molar-refractivity contribution is 0.0111. The topological polar surface area (TPSA) is 20.2 Å². The van der Waals surface area contributed by atoms with Crippen LogP contribution in [0, 0.1) is 23.7 Å². The van der Waals surface area contributed by atoms with Gasteiger partial charge in [-0.25, -0.2) is 0 Å². The number of hydrogen-bond acceptors (Lipinski definition) is 2. The summed E-state index contributed by atoms with van der Waals surface area (Å²) in [6, 6.07) is 10.6. The van der Waals surface area contributed by atoms with Gasteiger partial charge in [0.25, 0.3) is 0 Å². The molecule has 6 atom stereocenters. The highest BCUT2D eigenvalue weighted by Crippen LogP contribution is 2.80. The summed E-state index contributed by atoms with van der Waals surface area (Å²) in [5.74, 6) is 3.11. The predicted molar refractivity (Wildman–Crippen MR) is 56.1 cm³/mol. The van der Waals surface area contributed by atoms with Gasteiger partial charge < -0.3 is 5.11 Å². The maximum atomic E-state index is 9.70. The highest BCUT2D eigenvalue weighted by molar-refractivity contribution is 8.00. The monoisotopic (exact) mass is 204 g/mol. The predicted octanol–water partition coefficient (Wildman–Crippen LogP) is 2.01.